The van der Waals surface area contributed by atoms with E-state index in [-0.39, 0.29) is 0 Å². The molecule has 0 saturated heterocycles. The molecule has 6 N–H and O–H groups in total. The number of rotatable bonds is 1. The summed E-state index contributed by atoms with van der Waals surface area (Å²) in [5.41, 5.74) is 13.2. The smallest absolute Gasteiger partial charge is 0.173 e. The van der Waals surface area contributed by atoms with Crippen LogP contribution in [0.4, 0.5) is 0 Å². The van der Waals surface area contributed by atoms with Gasteiger partial charge in [0.15, 0.2) is 12.4 Å². The highest BCUT2D eigenvalue weighted by atomic mass is 14.5. The first kappa shape index (κ1) is 15.7. The summed E-state index contributed by atoms with van der Waals surface area (Å²) in [6.07, 6.45) is 4.15. The maximum absolute atomic E-state index is 7.10. The molecule has 0 aromatic heterocycles. The van der Waals surface area contributed by atoms with Crippen LogP contribution in [0.15, 0.2) is 12.7 Å². The van der Waals surface area contributed by atoms with Crippen LogP contribution in [0.5, 0.6) is 0 Å². The average molecular weight is 141 g/mol. The maximum atomic E-state index is 7.10. The van der Waals surface area contributed by atoms with Crippen LogP contribution in [-0.2, 0) is 0 Å². The van der Waals surface area contributed by atoms with E-state index in [1.165, 1.54) is 12.4 Å². The molecule has 0 unspecified atom stereocenters. The van der Waals surface area contributed by atoms with Gasteiger partial charge in [-0.05, 0) is 0 Å². The summed E-state index contributed by atoms with van der Waals surface area (Å²) >= 11 is 0. The van der Waals surface area contributed by atoms with Crippen molar-refractivity contribution in [1.29, 1.82) is 10.5 Å². The molecule has 0 aromatic carbocycles. The van der Waals surface area contributed by atoms with E-state index in [1.807, 2.05) is 0 Å². The Kier molecular flexibility index (Phi) is 86.9. The quantitative estimate of drug-likeness (QED) is 0.245. The molecular formula is C5H11N5. The van der Waals surface area contributed by atoms with E-state index in [2.05, 4.69) is 18.0 Å². The van der Waals surface area contributed by atoms with Crippen molar-refractivity contribution in [2.45, 2.75) is 0 Å². The summed E-state index contributed by atoms with van der Waals surface area (Å²) in [4.78, 5) is 0. The molecule has 0 radical (unpaired) electrons. The number of hydrogen-bond acceptors (Lipinski definition) is 5. The van der Waals surface area contributed by atoms with Crippen molar-refractivity contribution in [3.63, 3.8) is 0 Å². The zero-order valence-electron chi connectivity index (χ0n) is 5.62. The lowest BCUT2D eigenvalue weighted by Gasteiger charge is -1.61. The molecule has 0 spiro atoms. The van der Waals surface area contributed by atoms with Crippen molar-refractivity contribution in [3.8, 4) is 12.4 Å². The second-order valence-electron chi connectivity index (χ2n) is 0.783. The minimum absolute atomic E-state index is 0.583. The predicted molar refractivity (Wildman–Crippen MR) is 38.9 cm³/mol. The molecule has 0 aliphatic carbocycles. The summed E-state index contributed by atoms with van der Waals surface area (Å²) in [5.74, 6) is 0. The molecule has 0 aliphatic heterocycles. The first-order chi connectivity index (χ1) is 4.74. The topological polar surface area (TPSA) is 126 Å². The van der Waals surface area contributed by atoms with E-state index < -0.39 is 0 Å². The Morgan fingerprint density at radius 1 is 1.30 bits per heavy atom. The fraction of sp³-hybridized carbons (Fsp3) is 0.200. The molecule has 0 bridgehead atoms. The summed E-state index contributed by atoms with van der Waals surface area (Å²) in [6.45, 7) is 3.94. The zero-order valence-corrected chi connectivity index (χ0v) is 5.62. The van der Waals surface area contributed by atoms with Crippen LogP contribution in [-0.4, -0.2) is 6.54 Å². The molecule has 0 saturated carbocycles. The second kappa shape index (κ2) is 55.2. The molecular weight excluding hydrogens is 130 g/mol. The number of nitrogens with two attached hydrogens (primary N) is 3. The Bertz CT molecular complexity index is 105. The van der Waals surface area contributed by atoms with Gasteiger partial charge in [-0.1, -0.05) is 6.08 Å². The fourth-order valence-corrected chi connectivity index (χ4v) is 0. The van der Waals surface area contributed by atoms with Crippen molar-refractivity contribution in [3.05, 3.63) is 12.7 Å². The average Bonchev–Trinajstić information content (AvgIpc) is 1.91. The summed E-state index contributed by atoms with van der Waals surface area (Å²) in [7, 11) is 0. The van der Waals surface area contributed by atoms with E-state index >= 15 is 0 Å². The standard InChI is InChI=1S/C3H7N.2CH2N2/c1-2-3-4;2*2-1-3/h2H,1,3-4H2;2*2H2. The first-order valence-electron chi connectivity index (χ1n) is 2.25. The summed E-state index contributed by atoms with van der Waals surface area (Å²) in [5, 5.41) is 14.2. The van der Waals surface area contributed by atoms with Gasteiger partial charge in [-0.2, -0.15) is 10.5 Å². The lowest BCUT2D eigenvalue weighted by Crippen LogP contribution is -1.90. The van der Waals surface area contributed by atoms with Crippen molar-refractivity contribution in [1.82, 2.24) is 0 Å². The van der Waals surface area contributed by atoms with E-state index in [9.17, 15) is 0 Å². The lowest BCUT2D eigenvalue weighted by molar-refractivity contribution is 1.26. The van der Waals surface area contributed by atoms with E-state index in [4.69, 9.17) is 16.3 Å². The molecule has 5 heteroatoms. The third-order valence-electron chi connectivity index (χ3n) is 0.167. The van der Waals surface area contributed by atoms with Crippen LogP contribution < -0.4 is 17.2 Å². The highest BCUT2D eigenvalue weighted by molar-refractivity contribution is 4.64. The predicted octanol–water partition coefficient (Wildman–Crippen LogP) is -1.02. The Morgan fingerprint density at radius 3 is 1.40 bits per heavy atom. The highest BCUT2D eigenvalue weighted by Gasteiger charge is 1.43. The van der Waals surface area contributed by atoms with Gasteiger partial charge in [-0.3, -0.25) is 0 Å². The third kappa shape index (κ3) is 338. The highest BCUT2D eigenvalue weighted by Crippen LogP contribution is 1.40. The van der Waals surface area contributed by atoms with Crippen LogP contribution in [0.2, 0.25) is 0 Å². The van der Waals surface area contributed by atoms with Gasteiger partial charge in [0, 0.05) is 6.54 Å². The van der Waals surface area contributed by atoms with Crippen molar-refractivity contribution in [2.24, 2.45) is 17.2 Å². The molecule has 56 valence electrons. The Morgan fingerprint density at radius 2 is 1.40 bits per heavy atom. The van der Waals surface area contributed by atoms with E-state index in [1.54, 1.807) is 6.08 Å². The van der Waals surface area contributed by atoms with Gasteiger partial charge in [0.1, 0.15) is 0 Å². The van der Waals surface area contributed by atoms with Crippen molar-refractivity contribution in [2.75, 3.05) is 6.54 Å². The molecule has 0 heterocycles. The molecule has 0 aliphatic rings. The Labute approximate surface area is 60.3 Å². The maximum Gasteiger partial charge on any atom is 0.173 e. The molecule has 0 fully saturated rings. The van der Waals surface area contributed by atoms with Gasteiger partial charge < -0.3 is 17.2 Å². The van der Waals surface area contributed by atoms with Gasteiger partial charge in [-0.15, -0.1) is 6.58 Å². The monoisotopic (exact) mass is 141 g/mol. The molecule has 5 nitrogen and oxygen atoms in total. The van der Waals surface area contributed by atoms with E-state index in [0.717, 1.165) is 0 Å². The first-order valence-corrected chi connectivity index (χ1v) is 2.25. The van der Waals surface area contributed by atoms with Crippen LogP contribution in [0.25, 0.3) is 0 Å². The van der Waals surface area contributed by atoms with Gasteiger partial charge in [0.2, 0.25) is 0 Å². The minimum Gasteiger partial charge on any atom is -0.337 e. The summed E-state index contributed by atoms with van der Waals surface area (Å²) in [6, 6.07) is 0. The molecule has 10 heavy (non-hydrogen) atoms. The van der Waals surface area contributed by atoms with Gasteiger partial charge >= 0.3 is 0 Å². The molecule has 0 aromatic rings. The van der Waals surface area contributed by atoms with Crippen molar-refractivity contribution < 1.29 is 0 Å². The summed E-state index contributed by atoms with van der Waals surface area (Å²) < 4.78 is 0. The van der Waals surface area contributed by atoms with Crippen LogP contribution in [0.1, 0.15) is 0 Å². The molecule has 0 atom stereocenters. The Hall–Kier alpha value is -1.72. The number of nitriles is 2. The fourth-order valence-electron chi connectivity index (χ4n) is 0. The van der Waals surface area contributed by atoms with Crippen LogP contribution >= 0.6 is 0 Å². The zero-order chi connectivity index (χ0) is 8.83. The SMILES string of the molecule is C=CCN.N#CN.N#CN. The molecule has 0 amide bonds. The minimum atomic E-state index is 0.583. The lowest BCUT2D eigenvalue weighted by atomic mass is 10.7. The van der Waals surface area contributed by atoms with E-state index in [0.29, 0.717) is 6.54 Å². The molecule has 0 rings (SSSR count). The van der Waals surface area contributed by atoms with Crippen LogP contribution in [0, 0.1) is 22.9 Å². The second-order valence-corrected chi connectivity index (χ2v) is 0.783. The van der Waals surface area contributed by atoms with Crippen LogP contribution in [0.3, 0.4) is 0 Å². The van der Waals surface area contributed by atoms with Gasteiger partial charge in [0.25, 0.3) is 0 Å². The van der Waals surface area contributed by atoms with Gasteiger partial charge in [-0.25, -0.2) is 0 Å². The van der Waals surface area contributed by atoms with Crippen molar-refractivity contribution >= 4 is 0 Å². The number of nitrogens with zero attached hydrogens (tertiary/aromatic N) is 2. The van der Waals surface area contributed by atoms with Gasteiger partial charge in [0.05, 0.1) is 0 Å². The Balaban J connectivity index is -0.0000000750. The normalized spacial score (nSPS) is 3.90. The number of hydrogen-bond donors (Lipinski definition) is 3. The third-order valence-corrected chi connectivity index (χ3v) is 0.167. The largest absolute Gasteiger partial charge is 0.337 e.